The molecule has 0 aromatic heterocycles. The van der Waals surface area contributed by atoms with Crippen LogP contribution in [-0.2, 0) is 14.3 Å². The van der Waals surface area contributed by atoms with Gasteiger partial charge in [-0.25, -0.2) is 0 Å². The molecule has 0 bridgehead atoms. The van der Waals surface area contributed by atoms with Crippen LogP contribution in [0, 0.1) is 19.3 Å². The number of nitrogens with zero attached hydrogens (tertiary/aromatic N) is 2. The molecule has 1 unspecified atom stereocenters. The molecule has 26 heavy (non-hydrogen) atoms. The van der Waals surface area contributed by atoms with E-state index in [4.69, 9.17) is 4.74 Å². The molecule has 0 radical (unpaired) electrons. The van der Waals surface area contributed by atoms with Crippen LogP contribution in [0.25, 0.3) is 0 Å². The van der Waals surface area contributed by atoms with Gasteiger partial charge in [-0.1, -0.05) is 6.07 Å². The van der Waals surface area contributed by atoms with Crippen molar-refractivity contribution in [3.8, 4) is 0 Å². The van der Waals surface area contributed by atoms with E-state index in [-0.39, 0.29) is 17.2 Å². The summed E-state index contributed by atoms with van der Waals surface area (Å²) in [4.78, 5) is 29.2. The molecule has 1 aromatic carbocycles. The van der Waals surface area contributed by atoms with Crippen LogP contribution in [0.5, 0.6) is 0 Å². The lowest BCUT2D eigenvalue weighted by Gasteiger charge is -2.23. The van der Waals surface area contributed by atoms with Gasteiger partial charge in [0, 0.05) is 32.4 Å². The molecule has 2 fully saturated rings. The van der Waals surface area contributed by atoms with E-state index < -0.39 is 0 Å². The van der Waals surface area contributed by atoms with E-state index in [1.165, 1.54) is 5.56 Å². The molecule has 1 atom stereocenters. The van der Waals surface area contributed by atoms with Gasteiger partial charge in [0.15, 0.2) is 0 Å². The molecule has 6 nitrogen and oxygen atoms in total. The number of hydrogen-bond donors (Lipinski definition) is 1. The Balaban J connectivity index is 1.53. The quantitative estimate of drug-likeness (QED) is 0.842. The maximum Gasteiger partial charge on any atom is 0.238 e. The number of anilines is 1. The number of likely N-dealkylation sites (tertiary alicyclic amines) is 2. The Morgan fingerprint density at radius 2 is 2.00 bits per heavy atom. The Labute approximate surface area is 155 Å². The molecule has 0 aliphatic carbocycles. The number of amides is 2. The van der Waals surface area contributed by atoms with Gasteiger partial charge in [0.2, 0.25) is 11.8 Å². The third-order valence-corrected chi connectivity index (χ3v) is 5.76. The number of carbonyl (C=O) groups excluding carboxylic acids is 2. The van der Waals surface area contributed by atoms with E-state index in [1.807, 2.05) is 30.0 Å². The molecule has 142 valence electrons. The summed E-state index contributed by atoms with van der Waals surface area (Å²) < 4.78 is 5.09. The molecule has 2 aliphatic rings. The number of methoxy groups -OCH3 is 1. The highest BCUT2D eigenvalue weighted by atomic mass is 16.5. The minimum Gasteiger partial charge on any atom is -0.383 e. The van der Waals surface area contributed by atoms with E-state index in [0.29, 0.717) is 26.2 Å². The maximum absolute atomic E-state index is 12.8. The van der Waals surface area contributed by atoms with Crippen molar-refractivity contribution in [1.82, 2.24) is 9.80 Å². The second-order valence-corrected chi connectivity index (χ2v) is 7.62. The largest absolute Gasteiger partial charge is 0.383 e. The van der Waals surface area contributed by atoms with Crippen LogP contribution in [0.2, 0.25) is 0 Å². The SMILES string of the molecule is COCCN1CCC2(CCN(CC(=O)Nc3ccc(C)c(C)c3)C2)C1=O. The first-order valence-corrected chi connectivity index (χ1v) is 9.31. The van der Waals surface area contributed by atoms with Crippen LogP contribution < -0.4 is 5.32 Å². The summed E-state index contributed by atoms with van der Waals surface area (Å²) in [6.45, 7) is 7.93. The molecule has 0 saturated carbocycles. The summed E-state index contributed by atoms with van der Waals surface area (Å²) in [7, 11) is 1.65. The van der Waals surface area contributed by atoms with E-state index >= 15 is 0 Å². The predicted molar refractivity (Wildman–Crippen MR) is 101 cm³/mol. The van der Waals surface area contributed by atoms with Gasteiger partial charge in [0.1, 0.15) is 0 Å². The van der Waals surface area contributed by atoms with Gasteiger partial charge >= 0.3 is 0 Å². The standard InChI is InChI=1S/C20H29N3O3/c1-15-4-5-17(12-16(15)2)21-18(24)13-22-8-6-20(14-22)7-9-23(19(20)25)10-11-26-3/h4-5,12H,6-11,13-14H2,1-3H3,(H,21,24). The summed E-state index contributed by atoms with van der Waals surface area (Å²) >= 11 is 0. The maximum atomic E-state index is 12.8. The van der Waals surface area contributed by atoms with Gasteiger partial charge in [-0.3, -0.25) is 14.5 Å². The van der Waals surface area contributed by atoms with Crippen LogP contribution in [0.4, 0.5) is 5.69 Å². The number of nitrogens with one attached hydrogen (secondary N) is 1. The molecular weight excluding hydrogens is 330 g/mol. The molecule has 3 rings (SSSR count). The number of ether oxygens (including phenoxy) is 1. The van der Waals surface area contributed by atoms with Crippen LogP contribution in [0.1, 0.15) is 24.0 Å². The smallest absolute Gasteiger partial charge is 0.238 e. The molecule has 1 spiro atoms. The first-order valence-electron chi connectivity index (χ1n) is 9.31. The molecule has 2 saturated heterocycles. The van der Waals surface area contributed by atoms with E-state index in [2.05, 4.69) is 17.1 Å². The predicted octanol–water partition coefficient (Wildman–Crippen LogP) is 1.81. The van der Waals surface area contributed by atoms with Crippen molar-refractivity contribution in [2.75, 3.05) is 51.8 Å². The van der Waals surface area contributed by atoms with Crippen molar-refractivity contribution in [3.63, 3.8) is 0 Å². The summed E-state index contributed by atoms with van der Waals surface area (Å²) in [5, 5.41) is 2.97. The Bertz CT molecular complexity index is 691. The second kappa shape index (κ2) is 7.76. The van der Waals surface area contributed by atoms with Gasteiger partial charge in [-0.2, -0.15) is 0 Å². The van der Waals surface area contributed by atoms with E-state index in [0.717, 1.165) is 37.2 Å². The van der Waals surface area contributed by atoms with Crippen molar-refractivity contribution in [2.24, 2.45) is 5.41 Å². The Kier molecular flexibility index (Phi) is 5.63. The Morgan fingerprint density at radius 1 is 1.23 bits per heavy atom. The Morgan fingerprint density at radius 3 is 2.73 bits per heavy atom. The zero-order valence-corrected chi connectivity index (χ0v) is 16.0. The fraction of sp³-hybridized carbons (Fsp3) is 0.600. The highest BCUT2D eigenvalue weighted by Crippen LogP contribution is 2.40. The lowest BCUT2D eigenvalue weighted by Crippen LogP contribution is -2.39. The second-order valence-electron chi connectivity index (χ2n) is 7.62. The summed E-state index contributed by atoms with van der Waals surface area (Å²) in [6.07, 6.45) is 1.72. The molecule has 1 aromatic rings. The third-order valence-electron chi connectivity index (χ3n) is 5.76. The minimum absolute atomic E-state index is 0.0213. The van der Waals surface area contributed by atoms with Crippen LogP contribution in [0.3, 0.4) is 0 Å². The summed E-state index contributed by atoms with van der Waals surface area (Å²) in [5.41, 5.74) is 2.90. The first kappa shape index (κ1) is 18.9. The van der Waals surface area contributed by atoms with E-state index in [9.17, 15) is 9.59 Å². The Hall–Kier alpha value is -1.92. The topological polar surface area (TPSA) is 61.9 Å². The van der Waals surface area contributed by atoms with Gasteiger partial charge in [-0.15, -0.1) is 0 Å². The highest BCUT2D eigenvalue weighted by Gasteiger charge is 2.50. The molecule has 2 aliphatic heterocycles. The fourth-order valence-electron chi connectivity index (χ4n) is 4.00. The molecule has 2 heterocycles. The number of benzene rings is 1. The molecule has 1 N–H and O–H groups in total. The minimum atomic E-state index is -0.297. The van der Waals surface area contributed by atoms with Crippen molar-refractivity contribution in [3.05, 3.63) is 29.3 Å². The van der Waals surface area contributed by atoms with Gasteiger partial charge in [0.25, 0.3) is 0 Å². The number of carbonyl (C=O) groups is 2. The van der Waals surface area contributed by atoms with Gasteiger partial charge < -0.3 is 15.0 Å². The molecule has 6 heteroatoms. The van der Waals surface area contributed by atoms with Crippen molar-refractivity contribution < 1.29 is 14.3 Å². The van der Waals surface area contributed by atoms with Crippen molar-refractivity contribution >= 4 is 17.5 Å². The number of hydrogen-bond acceptors (Lipinski definition) is 4. The van der Waals surface area contributed by atoms with Crippen molar-refractivity contribution in [1.29, 1.82) is 0 Å². The lowest BCUT2D eigenvalue weighted by molar-refractivity contribution is -0.136. The number of aryl methyl sites for hydroxylation is 2. The molecular formula is C20H29N3O3. The van der Waals surface area contributed by atoms with E-state index in [1.54, 1.807) is 7.11 Å². The third kappa shape index (κ3) is 3.91. The fourth-order valence-corrected chi connectivity index (χ4v) is 4.00. The summed E-state index contributed by atoms with van der Waals surface area (Å²) in [5.74, 6) is 0.207. The zero-order chi connectivity index (χ0) is 18.7. The first-order chi connectivity index (χ1) is 12.4. The van der Waals surface area contributed by atoms with Gasteiger partial charge in [-0.05, 0) is 56.5 Å². The van der Waals surface area contributed by atoms with Crippen molar-refractivity contribution in [2.45, 2.75) is 26.7 Å². The average molecular weight is 359 g/mol. The average Bonchev–Trinajstić information content (AvgIpc) is 3.14. The summed E-state index contributed by atoms with van der Waals surface area (Å²) in [6, 6.07) is 5.94. The zero-order valence-electron chi connectivity index (χ0n) is 16.0. The lowest BCUT2D eigenvalue weighted by atomic mass is 9.85. The van der Waals surface area contributed by atoms with Crippen LogP contribution in [0.15, 0.2) is 18.2 Å². The normalized spacial score (nSPS) is 23.2. The monoisotopic (exact) mass is 359 g/mol. The van der Waals surface area contributed by atoms with Crippen LogP contribution in [-0.4, -0.2) is 68.1 Å². The number of rotatable bonds is 6. The van der Waals surface area contributed by atoms with Crippen LogP contribution >= 0.6 is 0 Å². The van der Waals surface area contributed by atoms with Gasteiger partial charge in [0.05, 0.1) is 18.6 Å². The highest BCUT2D eigenvalue weighted by molar-refractivity contribution is 5.92. The molecule has 2 amide bonds.